The lowest BCUT2D eigenvalue weighted by atomic mass is 9.95. The largest absolute Gasteiger partial charge is 0.490 e. The molecule has 156 valence electrons. The molecule has 3 aliphatic heterocycles. The minimum atomic E-state index is 0. The average molecular weight is 420 g/mol. The Morgan fingerprint density at radius 3 is 2.69 bits per heavy atom. The highest BCUT2D eigenvalue weighted by Crippen LogP contribution is 2.32. The smallest absolute Gasteiger partial charge is 0.253 e. The third-order valence-corrected chi connectivity index (χ3v) is 5.79. The van der Waals surface area contributed by atoms with E-state index in [1.807, 2.05) is 23.1 Å². The normalized spacial score (nSPS) is 19.1. The van der Waals surface area contributed by atoms with Crippen molar-refractivity contribution in [3.8, 4) is 11.5 Å². The van der Waals surface area contributed by atoms with Gasteiger partial charge in [-0.2, -0.15) is 0 Å². The number of fused-ring (bicyclic) bond motifs is 2. The van der Waals surface area contributed by atoms with E-state index in [1.165, 1.54) is 0 Å². The molecular weight excluding hydrogens is 394 g/mol. The number of rotatable bonds is 2. The van der Waals surface area contributed by atoms with Crippen LogP contribution >= 0.6 is 12.4 Å². The van der Waals surface area contributed by atoms with E-state index >= 15 is 0 Å². The molecule has 0 atom stereocenters. The van der Waals surface area contributed by atoms with Crippen LogP contribution in [0.25, 0.3) is 0 Å². The van der Waals surface area contributed by atoms with Crippen molar-refractivity contribution in [3.05, 3.63) is 35.4 Å². The number of ether oxygens (including phenoxy) is 2. The van der Waals surface area contributed by atoms with Crippen molar-refractivity contribution in [3.63, 3.8) is 0 Å². The molecule has 8 nitrogen and oxygen atoms in total. The monoisotopic (exact) mass is 419 g/mol. The molecule has 5 rings (SSSR count). The molecule has 9 heteroatoms. The fourth-order valence-corrected chi connectivity index (χ4v) is 4.24. The number of piperidine rings is 1. The summed E-state index contributed by atoms with van der Waals surface area (Å²) in [4.78, 5) is 14.9. The highest BCUT2D eigenvalue weighted by molar-refractivity contribution is 5.95. The first-order valence-corrected chi connectivity index (χ1v) is 10.1. The van der Waals surface area contributed by atoms with Gasteiger partial charge >= 0.3 is 0 Å². The van der Waals surface area contributed by atoms with E-state index in [4.69, 9.17) is 9.47 Å². The summed E-state index contributed by atoms with van der Waals surface area (Å²) < 4.78 is 13.6. The lowest BCUT2D eigenvalue weighted by molar-refractivity contribution is 0.0709. The number of halogens is 1. The molecule has 0 spiro atoms. The average Bonchev–Trinajstić information content (AvgIpc) is 3.03. The highest BCUT2D eigenvalue weighted by Gasteiger charge is 2.29. The number of nitrogens with one attached hydrogen (secondary N) is 1. The maximum absolute atomic E-state index is 13.0. The number of hydrogen-bond donors (Lipinski definition) is 1. The van der Waals surface area contributed by atoms with E-state index in [1.54, 1.807) is 0 Å². The zero-order valence-corrected chi connectivity index (χ0v) is 17.1. The standard InChI is InChI=1S/C20H25N5O3.ClH/c26-20(15-2-3-16-17(12-15)28-11-1-10-27-16)24-7-4-14(5-8-24)19-23-22-18-13-21-6-9-25(18)19;/h2-3,12,14,21H,1,4-11,13H2;1H. The molecular formula is C20H26ClN5O3. The molecule has 0 aliphatic carbocycles. The Hall–Kier alpha value is -2.32. The van der Waals surface area contributed by atoms with E-state index in [0.717, 1.165) is 69.4 Å². The summed E-state index contributed by atoms with van der Waals surface area (Å²) in [6.45, 7) is 5.41. The number of likely N-dealkylation sites (tertiary alicyclic amines) is 1. The third-order valence-electron chi connectivity index (χ3n) is 5.79. The summed E-state index contributed by atoms with van der Waals surface area (Å²) in [5, 5.41) is 12.1. The second-order valence-electron chi connectivity index (χ2n) is 7.58. The zero-order chi connectivity index (χ0) is 18.9. The van der Waals surface area contributed by atoms with Gasteiger partial charge in [0.05, 0.1) is 19.8 Å². The van der Waals surface area contributed by atoms with Crippen LogP contribution < -0.4 is 14.8 Å². The Labute approximate surface area is 176 Å². The molecule has 1 amide bonds. The first kappa shape index (κ1) is 20.0. The van der Waals surface area contributed by atoms with Gasteiger partial charge in [0.25, 0.3) is 5.91 Å². The SMILES string of the molecule is Cl.O=C(c1ccc2c(c1)OCCCO2)N1CCC(c2nnc3n2CCNC3)CC1. The van der Waals surface area contributed by atoms with Gasteiger partial charge in [-0.25, -0.2) is 0 Å². The Morgan fingerprint density at radius 1 is 1.07 bits per heavy atom. The summed E-state index contributed by atoms with van der Waals surface area (Å²) in [6, 6.07) is 5.50. The number of benzene rings is 1. The minimum Gasteiger partial charge on any atom is -0.490 e. The summed E-state index contributed by atoms with van der Waals surface area (Å²) >= 11 is 0. The van der Waals surface area contributed by atoms with Crippen molar-refractivity contribution in [2.45, 2.75) is 38.3 Å². The van der Waals surface area contributed by atoms with Gasteiger partial charge in [-0.1, -0.05) is 0 Å². The lowest BCUT2D eigenvalue weighted by Crippen LogP contribution is -2.39. The first-order chi connectivity index (χ1) is 13.8. The number of aromatic nitrogens is 3. The van der Waals surface area contributed by atoms with Crippen molar-refractivity contribution in [1.29, 1.82) is 0 Å². The Morgan fingerprint density at radius 2 is 1.86 bits per heavy atom. The number of carbonyl (C=O) groups is 1. The molecule has 2 aromatic rings. The van der Waals surface area contributed by atoms with Crippen molar-refractivity contribution in [2.75, 3.05) is 32.8 Å². The van der Waals surface area contributed by atoms with Crippen LogP contribution in [0.1, 0.15) is 47.2 Å². The van der Waals surface area contributed by atoms with Crippen LogP contribution in [-0.4, -0.2) is 58.4 Å². The van der Waals surface area contributed by atoms with Gasteiger partial charge in [0.2, 0.25) is 0 Å². The van der Waals surface area contributed by atoms with Crippen LogP contribution in [0.5, 0.6) is 11.5 Å². The van der Waals surface area contributed by atoms with E-state index in [2.05, 4.69) is 20.1 Å². The zero-order valence-electron chi connectivity index (χ0n) is 16.3. The summed E-state index contributed by atoms with van der Waals surface area (Å²) in [6.07, 6.45) is 2.69. The van der Waals surface area contributed by atoms with Gasteiger partial charge in [-0.15, -0.1) is 22.6 Å². The van der Waals surface area contributed by atoms with Crippen molar-refractivity contribution >= 4 is 18.3 Å². The number of nitrogens with zero attached hydrogens (tertiary/aromatic N) is 4. The number of carbonyl (C=O) groups excluding carboxylic acids is 1. The van der Waals surface area contributed by atoms with Gasteiger partial charge < -0.3 is 24.3 Å². The Kier molecular flexibility index (Phi) is 5.91. The molecule has 1 saturated heterocycles. The number of amides is 1. The second kappa shape index (κ2) is 8.59. The van der Waals surface area contributed by atoms with Crippen molar-refractivity contribution < 1.29 is 14.3 Å². The maximum Gasteiger partial charge on any atom is 0.253 e. The topological polar surface area (TPSA) is 81.5 Å². The predicted molar refractivity (Wildman–Crippen MR) is 109 cm³/mol. The van der Waals surface area contributed by atoms with Gasteiger partial charge in [-0.3, -0.25) is 4.79 Å². The van der Waals surface area contributed by atoms with Gasteiger partial charge in [0, 0.05) is 44.1 Å². The Bertz CT molecular complexity index is 879. The van der Waals surface area contributed by atoms with E-state index < -0.39 is 0 Å². The van der Waals surface area contributed by atoms with Gasteiger partial charge in [0.1, 0.15) is 11.6 Å². The summed E-state index contributed by atoms with van der Waals surface area (Å²) in [7, 11) is 0. The van der Waals surface area contributed by atoms with Crippen LogP contribution in [-0.2, 0) is 13.1 Å². The fourth-order valence-electron chi connectivity index (χ4n) is 4.24. The third kappa shape index (κ3) is 3.91. The van der Waals surface area contributed by atoms with E-state index in [-0.39, 0.29) is 18.3 Å². The lowest BCUT2D eigenvalue weighted by Gasteiger charge is -2.32. The van der Waals surface area contributed by atoms with Gasteiger partial charge in [0.15, 0.2) is 11.5 Å². The number of hydrogen-bond acceptors (Lipinski definition) is 6. The molecule has 0 unspecified atom stereocenters. The molecule has 1 fully saturated rings. The predicted octanol–water partition coefficient (Wildman–Crippen LogP) is 1.98. The van der Waals surface area contributed by atoms with Gasteiger partial charge in [-0.05, 0) is 31.0 Å². The summed E-state index contributed by atoms with van der Waals surface area (Å²) in [5.74, 6) is 3.92. The van der Waals surface area contributed by atoms with Crippen molar-refractivity contribution in [1.82, 2.24) is 25.0 Å². The van der Waals surface area contributed by atoms with Crippen LogP contribution in [0.4, 0.5) is 0 Å². The highest BCUT2D eigenvalue weighted by atomic mass is 35.5. The molecule has 1 aromatic carbocycles. The second-order valence-corrected chi connectivity index (χ2v) is 7.58. The summed E-state index contributed by atoms with van der Waals surface area (Å²) in [5.41, 5.74) is 0.661. The molecule has 1 N–H and O–H groups in total. The maximum atomic E-state index is 13.0. The van der Waals surface area contributed by atoms with Crippen LogP contribution in [0.15, 0.2) is 18.2 Å². The van der Waals surface area contributed by atoms with Crippen LogP contribution in [0.3, 0.4) is 0 Å². The first-order valence-electron chi connectivity index (χ1n) is 10.1. The molecule has 1 aromatic heterocycles. The molecule has 0 bridgehead atoms. The van der Waals surface area contributed by atoms with Crippen LogP contribution in [0, 0.1) is 0 Å². The molecule has 0 saturated carbocycles. The quantitative estimate of drug-likeness (QED) is 0.801. The van der Waals surface area contributed by atoms with E-state index in [9.17, 15) is 4.79 Å². The fraction of sp³-hybridized carbons (Fsp3) is 0.550. The molecule has 3 aliphatic rings. The van der Waals surface area contributed by atoms with Crippen molar-refractivity contribution in [2.24, 2.45) is 0 Å². The Balaban J connectivity index is 0.00000205. The molecule has 29 heavy (non-hydrogen) atoms. The van der Waals surface area contributed by atoms with E-state index in [0.29, 0.717) is 30.4 Å². The van der Waals surface area contributed by atoms with Crippen LogP contribution in [0.2, 0.25) is 0 Å². The molecule has 0 radical (unpaired) electrons. The minimum absolute atomic E-state index is 0. The molecule has 4 heterocycles.